The molecule has 1 unspecified atom stereocenters. The van der Waals surface area contributed by atoms with Crippen LogP contribution in [0.2, 0.25) is 0 Å². The number of hydrogen-bond donors (Lipinski definition) is 0. The van der Waals surface area contributed by atoms with Crippen molar-refractivity contribution in [1.29, 1.82) is 0 Å². The van der Waals surface area contributed by atoms with Crippen LogP contribution in [0.25, 0.3) is 0 Å². The minimum Gasteiger partial charge on any atom is -0.469 e. The molecule has 1 fully saturated rings. The zero-order chi connectivity index (χ0) is 22.8. The number of benzene rings is 1. The summed E-state index contributed by atoms with van der Waals surface area (Å²) in [6.45, 7) is 4.80. The first-order valence-electron chi connectivity index (χ1n) is 10.2. The normalized spacial score (nSPS) is 25.5. The van der Waals surface area contributed by atoms with Crippen LogP contribution in [0, 0.1) is 5.92 Å². The highest BCUT2D eigenvalue weighted by Gasteiger charge is 2.49. The molecule has 0 saturated carbocycles. The van der Waals surface area contributed by atoms with Crippen molar-refractivity contribution < 1.29 is 38.1 Å². The van der Waals surface area contributed by atoms with Gasteiger partial charge in [0.15, 0.2) is 0 Å². The summed E-state index contributed by atoms with van der Waals surface area (Å²) in [6, 6.07) is 9.60. The van der Waals surface area contributed by atoms with Gasteiger partial charge >= 0.3 is 17.9 Å². The molecule has 1 aliphatic rings. The molecule has 0 spiro atoms. The van der Waals surface area contributed by atoms with Crippen molar-refractivity contribution in [3.8, 4) is 0 Å². The van der Waals surface area contributed by atoms with Gasteiger partial charge in [0.25, 0.3) is 0 Å². The van der Waals surface area contributed by atoms with Gasteiger partial charge < -0.3 is 23.7 Å². The van der Waals surface area contributed by atoms with Gasteiger partial charge in [-0.05, 0) is 11.3 Å². The predicted molar refractivity (Wildman–Crippen MR) is 114 cm³/mol. The number of esters is 3. The number of carbonyl (C=O) groups is 3. The van der Waals surface area contributed by atoms with Crippen molar-refractivity contribution in [2.45, 2.75) is 57.5 Å². The molecule has 0 N–H and O–H groups in total. The van der Waals surface area contributed by atoms with E-state index < -0.39 is 47.6 Å². The van der Waals surface area contributed by atoms with Crippen LogP contribution in [0.4, 0.5) is 0 Å². The highest BCUT2D eigenvalue weighted by atomic mass is 32.2. The molecule has 0 radical (unpaired) electrons. The topological polar surface area (TPSA) is 97.4 Å². The second kappa shape index (κ2) is 12.7. The van der Waals surface area contributed by atoms with E-state index in [-0.39, 0.29) is 19.6 Å². The predicted octanol–water partition coefficient (Wildman–Crippen LogP) is 2.72. The summed E-state index contributed by atoms with van der Waals surface area (Å²) in [6.07, 6.45) is -2.14. The molecular weight excluding hydrogens is 424 g/mol. The molecule has 1 aromatic carbocycles. The molecule has 1 saturated heterocycles. The van der Waals surface area contributed by atoms with Crippen LogP contribution in [0.5, 0.6) is 0 Å². The zero-order valence-corrected chi connectivity index (χ0v) is 19.1. The first-order chi connectivity index (χ1) is 14.8. The Labute approximate surface area is 186 Å². The Kier molecular flexibility index (Phi) is 10.3. The molecular formula is C22H30O8S. The minimum atomic E-state index is -0.779. The number of ether oxygens (including phenoxy) is 5. The van der Waals surface area contributed by atoms with Crippen molar-refractivity contribution in [2.24, 2.45) is 5.92 Å². The van der Waals surface area contributed by atoms with E-state index in [1.54, 1.807) is 0 Å². The maximum absolute atomic E-state index is 12.1. The number of hydrogen-bond acceptors (Lipinski definition) is 9. The summed E-state index contributed by atoms with van der Waals surface area (Å²) in [5, 5.41) is 0. The summed E-state index contributed by atoms with van der Waals surface area (Å²) >= 11 is 1.50. The van der Waals surface area contributed by atoms with Gasteiger partial charge in [-0.1, -0.05) is 37.3 Å². The largest absolute Gasteiger partial charge is 0.469 e. The average Bonchev–Trinajstić information content (AvgIpc) is 2.74. The van der Waals surface area contributed by atoms with Crippen LogP contribution in [0.3, 0.4) is 0 Å². The van der Waals surface area contributed by atoms with Gasteiger partial charge in [-0.2, -0.15) is 0 Å². The van der Waals surface area contributed by atoms with Gasteiger partial charge in [0.05, 0.1) is 20.1 Å². The van der Waals surface area contributed by atoms with Gasteiger partial charge in [0.2, 0.25) is 0 Å². The third-order valence-electron chi connectivity index (χ3n) is 4.80. The highest BCUT2D eigenvalue weighted by Crippen LogP contribution is 2.38. The lowest BCUT2D eigenvalue weighted by Crippen LogP contribution is -2.57. The molecule has 5 atom stereocenters. The van der Waals surface area contributed by atoms with Crippen molar-refractivity contribution in [1.82, 2.24) is 0 Å². The van der Waals surface area contributed by atoms with E-state index in [4.69, 9.17) is 23.7 Å². The minimum absolute atomic E-state index is 0.0685. The SMILES string of the molecule is CCSC1O[C@H](COC(C)=O)[C@@H](CC(=O)OC)[C@H](OC(C)=O)[C@H]1OCc1ccccc1. The van der Waals surface area contributed by atoms with Crippen LogP contribution in [0.1, 0.15) is 32.8 Å². The lowest BCUT2D eigenvalue weighted by Gasteiger charge is -2.45. The van der Waals surface area contributed by atoms with Gasteiger partial charge in [-0.3, -0.25) is 14.4 Å². The lowest BCUT2D eigenvalue weighted by atomic mass is 9.86. The molecule has 1 heterocycles. The van der Waals surface area contributed by atoms with Gasteiger partial charge in [0, 0.05) is 19.8 Å². The Morgan fingerprint density at radius 2 is 1.77 bits per heavy atom. The maximum atomic E-state index is 12.1. The third kappa shape index (κ3) is 7.83. The fraction of sp³-hybridized carbons (Fsp3) is 0.591. The number of rotatable bonds is 10. The van der Waals surface area contributed by atoms with Crippen LogP contribution >= 0.6 is 11.8 Å². The fourth-order valence-electron chi connectivity index (χ4n) is 3.43. The smallest absolute Gasteiger partial charge is 0.306 e. The van der Waals surface area contributed by atoms with Crippen LogP contribution in [-0.4, -0.2) is 61.1 Å². The lowest BCUT2D eigenvalue weighted by molar-refractivity contribution is -0.220. The van der Waals surface area contributed by atoms with E-state index in [1.807, 2.05) is 37.3 Å². The standard InChI is InChI=1S/C22H30O8S/c1-5-31-22-21(28-12-16-9-7-6-8-10-16)20(29-15(3)24)17(11-19(25)26-4)18(30-22)13-27-14(2)23/h6-10,17-18,20-22H,5,11-13H2,1-4H3/t17-,18-,20+,21-,22?/m1/s1. The molecule has 0 aromatic heterocycles. The molecule has 9 heteroatoms. The van der Waals surface area contributed by atoms with Gasteiger partial charge in [0.1, 0.15) is 30.4 Å². The molecule has 1 aromatic rings. The van der Waals surface area contributed by atoms with E-state index in [2.05, 4.69) is 0 Å². The average molecular weight is 455 g/mol. The van der Waals surface area contributed by atoms with Gasteiger partial charge in [-0.15, -0.1) is 11.8 Å². The number of carbonyl (C=O) groups excluding carboxylic acids is 3. The fourth-order valence-corrected chi connectivity index (χ4v) is 4.40. The Morgan fingerprint density at radius 1 is 1.06 bits per heavy atom. The van der Waals surface area contributed by atoms with Crippen LogP contribution in [-0.2, 0) is 44.7 Å². The second-order valence-electron chi connectivity index (χ2n) is 7.08. The first kappa shape index (κ1) is 25.2. The zero-order valence-electron chi connectivity index (χ0n) is 18.3. The number of thioether (sulfide) groups is 1. The molecule has 8 nitrogen and oxygen atoms in total. The molecule has 31 heavy (non-hydrogen) atoms. The molecule has 0 amide bonds. The Balaban J connectivity index is 2.33. The monoisotopic (exact) mass is 454 g/mol. The summed E-state index contributed by atoms with van der Waals surface area (Å²) in [5.74, 6) is -1.33. The van der Waals surface area contributed by atoms with E-state index in [1.165, 1.54) is 32.7 Å². The van der Waals surface area contributed by atoms with Crippen molar-refractivity contribution in [3.63, 3.8) is 0 Å². The summed E-state index contributed by atoms with van der Waals surface area (Å²) in [4.78, 5) is 35.4. The second-order valence-corrected chi connectivity index (χ2v) is 8.46. The highest BCUT2D eigenvalue weighted by molar-refractivity contribution is 7.99. The molecule has 0 bridgehead atoms. The summed E-state index contributed by atoms with van der Waals surface area (Å²) < 4.78 is 28.0. The first-order valence-corrected chi connectivity index (χ1v) is 11.2. The molecule has 0 aliphatic carbocycles. The quantitative estimate of drug-likeness (QED) is 0.390. The third-order valence-corrected chi connectivity index (χ3v) is 5.84. The Bertz CT molecular complexity index is 725. The van der Waals surface area contributed by atoms with Crippen molar-refractivity contribution >= 4 is 29.7 Å². The molecule has 2 rings (SSSR count). The van der Waals surface area contributed by atoms with E-state index >= 15 is 0 Å². The molecule has 172 valence electrons. The van der Waals surface area contributed by atoms with E-state index in [0.29, 0.717) is 0 Å². The van der Waals surface area contributed by atoms with Crippen molar-refractivity contribution in [3.05, 3.63) is 35.9 Å². The van der Waals surface area contributed by atoms with Crippen LogP contribution < -0.4 is 0 Å². The Hall–Kier alpha value is -2.10. The Morgan fingerprint density at radius 3 is 2.35 bits per heavy atom. The summed E-state index contributed by atoms with van der Waals surface area (Å²) in [7, 11) is 1.28. The van der Waals surface area contributed by atoms with Gasteiger partial charge in [-0.25, -0.2) is 0 Å². The van der Waals surface area contributed by atoms with E-state index in [0.717, 1.165) is 11.3 Å². The number of methoxy groups -OCH3 is 1. The molecule has 1 aliphatic heterocycles. The van der Waals surface area contributed by atoms with E-state index in [9.17, 15) is 14.4 Å². The maximum Gasteiger partial charge on any atom is 0.306 e. The summed E-state index contributed by atoms with van der Waals surface area (Å²) in [5.41, 5.74) is 0.475. The van der Waals surface area contributed by atoms with Crippen molar-refractivity contribution in [2.75, 3.05) is 19.5 Å². The van der Waals surface area contributed by atoms with Crippen LogP contribution in [0.15, 0.2) is 30.3 Å².